The van der Waals surface area contributed by atoms with Crippen molar-refractivity contribution >= 4 is 38.9 Å². The zero-order valence-corrected chi connectivity index (χ0v) is 18.9. The highest BCUT2D eigenvalue weighted by molar-refractivity contribution is 7.89. The van der Waals surface area contributed by atoms with Crippen molar-refractivity contribution in [2.75, 3.05) is 32.8 Å². The van der Waals surface area contributed by atoms with Crippen LogP contribution in [0.5, 0.6) is 0 Å². The molecule has 0 aliphatic carbocycles. The first-order chi connectivity index (χ1) is 16.3. The number of carbonyl (C=O) groups is 2. The molecule has 10 heteroatoms. The molecule has 0 spiro atoms. The van der Waals surface area contributed by atoms with E-state index in [0.29, 0.717) is 0 Å². The number of para-hydroxylation sites is 1. The molecule has 1 fully saturated rings. The van der Waals surface area contributed by atoms with Crippen molar-refractivity contribution in [1.82, 2.24) is 14.2 Å². The third kappa shape index (κ3) is 5.29. The molecule has 1 aliphatic heterocycles. The van der Waals surface area contributed by atoms with E-state index in [1.807, 2.05) is 30.3 Å². The average molecular weight is 484 g/mol. The lowest BCUT2D eigenvalue weighted by Crippen LogP contribution is -2.51. The van der Waals surface area contributed by atoms with Crippen molar-refractivity contribution in [2.24, 2.45) is 0 Å². The van der Waals surface area contributed by atoms with Crippen LogP contribution in [0.3, 0.4) is 0 Å². The van der Waals surface area contributed by atoms with Crippen LogP contribution in [0.1, 0.15) is 5.56 Å². The minimum atomic E-state index is -3.77. The van der Waals surface area contributed by atoms with Gasteiger partial charge in [-0.3, -0.25) is 9.78 Å². The number of benzene rings is 2. The molecule has 8 nitrogen and oxygen atoms in total. The quantitative estimate of drug-likeness (QED) is 0.395. The van der Waals surface area contributed by atoms with Crippen molar-refractivity contribution in [3.05, 3.63) is 78.3 Å². The maximum absolute atomic E-state index is 13.1. The zero-order chi connectivity index (χ0) is 24.1. The number of hydrogen-bond donors (Lipinski definition) is 0. The van der Waals surface area contributed by atoms with Crippen LogP contribution in [-0.2, 0) is 24.3 Å². The van der Waals surface area contributed by atoms with Gasteiger partial charge in [0.1, 0.15) is 5.82 Å². The van der Waals surface area contributed by atoms with E-state index < -0.39 is 34.3 Å². The first kappa shape index (κ1) is 23.5. The Morgan fingerprint density at radius 3 is 2.44 bits per heavy atom. The topological polar surface area (TPSA) is 96.9 Å². The SMILES string of the molecule is O=C(/C=C/c1cccc2cccnc12)OCC(=O)N1CCN(S(=O)(=O)c2ccc(F)cc2)CC1. The molecule has 0 saturated carbocycles. The van der Waals surface area contributed by atoms with E-state index in [0.717, 1.165) is 28.6 Å². The lowest BCUT2D eigenvalue weighted by Gasteiger charge is -2.33. The van der Waals surface area contributed by atoms with Crippen LogP contribution in [0.15, 0.2) is 71.8 Å². The Morgan fingerprint density at radius 2 is 1.71 bits per heavy atom. The second-order valence-corrected chi connectivity index (χ2v) is 9.54. The summed E-state index contributed by atoms with van der Waals surface area (Å²) < 4.78 is 44.8. The number of piperazine rings is 1. The van der Waals surface area contributed by atoms with E-state index in [-0.39, 0.29) is 31.1 Å². The van der Waals surface area contributed by atoms with Gasteiger partial charge in [0.2, 0.25) is 10.0 Å². The van der Waals surface area contributed by atoms with Crippen LogP contribution < -0.4 is 0 Å². The van der Waals surface area contributed by atoms with Gasteiger partial charge in [0.15, 0.2) is 6.61 Å². The number of carbonyl (C=O) groups excluding carboxylic acids is 2. The molecule has 176 valence electrons. The van der Waals surface area contributed by atoms with Crippen molar-refractivity contribution in [1.29, 1.82) is 0 Å². The molecule has 2 aromatic carbocycles. The summed E-state index contributed by atoms with van der Waals surface area (Å²) in [5.41, 5.74) is 1.50. The third-order valence-electron chi connectivity index (χ3n) is 5.44. The Hall–Kier alpha value is -3.63. The van der Waals surface area contributed by atoms with Gasteiger partial charge in [-0.1, -0.05) is 24.3 Å². The molecular formula is C24H22FN3O5S. The summed E-state index contributed by atoms with van der Waals surface area (Å²) in [5.74, 6) is -1.60. The normalized spacial score (nSPS) is 15.0. The molecule has 1 aromatic heterocycles. The van der Waals surface area contributed by atoms with Gasteiger partial charge < -0.3 is 9.64 Å². The molecule has 1 saturated heterocycles. The summed E-state index contributed by atoms with van der Waals surface area (Å²) >= 11 is 0. The fraction of sp³-hybridized carbons (Fsp3) is 0.208. The van der Waals surface area contributed by atoms with Gasteiger partial charge in [0.05, 0.1) is 10.4 Å². The van der Waals surface area contributed by atoms with Gasteiger partial charge in [-0.2, -0.15) is 4.31 Å². The standard InChI is InChI=1S/C24H22FN3O5S/c25-20-7-9-21(10-8-20)34(31,32)28-15-13-27(14-16-28)22(29)17-33-23(30)11-6-19-4-1-3-18-5-2-12-26-24(18)19/h1-12H,13-17H2/b11-6+. The van der Waals surface area contributed by atoms with Crippen LogP contribution in [0.25, 0.3) is 17.0 Å². The van der Waals surface area contributed by atoms with Crippen molar-refractivity contribution in [2.45, 2.75) is 4.90 Å². The lowest BCUT2D eigenvalue weighted by molar-refractivity contribution is -0.148. The summed E-state index contributed by atoms with van der Waals surface area (Å²) in [5, 5.41) is 0.939. The van der Waals surface area contributed by atoms with Crippen LogP contribution in [0, 0.1) is 5.82 Å². The maximum atomic E-state index is 13.1. The van der Waals surface area contributed by atoms with E-state index in [1.54, 1.807) is 12.3 Å². The smallest absolute Gasteiger partial charge is 0.331 e. The van der Waals surface area contributed by atoms with Gasteiger partial charge >= 0.3 is 5.97 Å². The highest BCUT2D eigenvalue weighted by Crippen LogP contribution is 2.19. The Bertz CT molecular complexity index is 1330. The maximum Gasteiger partial charge on any atom is 0.331 e. The second-order valence-electron chi connectivity index (χ2n) is 7.60. The number of pyridine rings is 1. The number of nitrogens with zero attached hydrogens (tertiary/aromatic N) is 3. The van der Waals surface area contributed by atoms with Gasteiger partial charge in [-0.15, -0.1) is 0 Å². The molecule has 0 bridgehead atoms. The summed E-state index contributed by atoms with van der Waals surface area (Å²) in [6, 6.07) is 13.9. The Kier molecular flexibility index (Phi) is 6.99. The van der Waals surface area contributed by atoms with Crippen molar-refractivity contribution < 1.29 is 27.1 Å². The summed E-state index contributed by atoms with van der Waals surface area (Å²) in [6.07, 6.45) is 4.49. The number of aromatic nitrogens is 1. The number of amides is 1. The zero-order valence-electron chi connectivity index (χ0n) is 18.1. The highest BCUT2D eigenvalue weighted by atomic mass is 32.2. The van der Waals surface area contributed by atoms with Gasteiger partial charge in [-0.25, -0.2) is 17.6 Å². The molecule has 1 aliphatic rings. The number of rotatable bonds is 6. The van der Waals surface area contributed by atoms with Crippen LogP contribution in [0.4, 0.5) is 4.39 Å². The fourth-order valence-electron chi connectivity index (χ4n) is 3.63. The molecule has 0 N–H and O–H groups in total. The van der Waals surface area contributed by atoms with Gasteiger partial charge in [0, 0.05) is 49.4 Å². The monoisotopic (exact) mass is 483 g/mol. The Balaban J connectivity index is 1.28. The fourth-order valence-corrected chi connectivity index (χ4v) is 5.05. The predicted octanol–water partition coefficient (Wildman–Crippen LogP) is 2.46. The van der Waals surface area contributed by atoms with E-state index in [4.69, 9.17) is 4.74 Å². The highest BCUT2D eigenvalue weighted by Gasteiger charge is 2.30. The predicted molar refractivity (Wildman–Crippen MR) is 123 cm³/mol. The molecule has 1 amide bonds. The number of hydrogen-bond acceptors (Lipinski definition) is 6. The number of sulfonamides is 1. The molecule has 2 heterocycles. The molecular weight excluding hydrogens is 461 g/mol. The first-order valence-corrected chi connectivity index (χ1v) is 12.0. The minimum Gasteiger partial charge on any atom is -0.452 e. The van der Waals surface area contributed by atoms with Crippen molar-refractivity contribution in [3.8, 4) is 0 Å². The minimum absolute atomic E-state index is 0.00390. The number of halogens is 1. The Morgan fingerprint density at radius 1 is 1.00 bits per heavy atom. The average Bonchev–Trinajstić information content (AvgIpc) is 2.86. The molecule has 0 atom stereocenters. The summed E-state index contributed by atoms with van der Waals surface area (Å²) in [7, 11) is -3.77. The number of ether oxygens (including phenoxy) is 1. The van der Waals surface area contributed by atoms with Crippen LogP contribution in [-0.4, -0.2) is 67.3 Å². The van der Waals surface area contributed by atoms with E-state index in [2.05, 4.69) is 4.98 Å². The lowest BCUT2D eigenvalue weighted by atomic mass is 10.1. The Labute approximate surface area is 196 Å². The molecule has 0 unspecified atom stereocenters. The number of esters is 1. The molecule has 34 heavy (non-hydrogen) atoms. The third-order valence-corrected chi connectivity index (χ3v) is 7.36. The summed E-state index contributed by atoms with van der Waals surface area (Å²) in [4.78, 5) is 30.3. The largest absolute Gasteiger partial charge is 0.452 e. The van der Waals surface area contributed by atoms with Crippen LogP contribution >= 0.6 is 0 Å². The van der Waals surface area contributed by atoms with Gasteiger partial charge in [-0.05, 0) is 36.4 Å². The van der Waals surface area contributed by atoms with E-state index in [9.17, 15) is 22.4 Å². The number of fused-ring (bicyclic) bond motifs is 1. The first-order valence-electron chi connectivity index (χ1n) is 10.6. The molecule has 4 rings (SSSR count). The molecule has 3 aromatic rings. The summed E-state index contributed by atoms with van der Waals surface area (Å²) in [6.45, 7) is 0.0606. The molecule has 0 radical (unpaired) electrons. The van der Waals surface area contributed by atoms with Crippen LogP contribution in [0.2, 0.25) is 0 Å². The second kappa shape index (κ2) is 10.1. The van der Waals surface area contributed by atoms with Crippen molar-refractivity contribution in [3.63, 3.8) is 0 Å². The van der Waals surface area contributed by atoms with E-state index >= 15 is 0 Å². The van der Waals surface area contributed by atoms with Gasteiger partial charge in [0.25, 0.3) is 5.91 Å². The van der Waals surface area contributed by atoms with E-state index in [1.165, 1.54) is 27.4 Å².